The molecule has 0 unspecified atom stereocenters. The topological polar surface area (TPSA) is 67.2 Å². The van der Waals surface area contributed by atoms with Gasteiger partial charge in [-0.2, -0.15) is 0 Å². The molecule has 1 N–H and O–H groups in total. The molecule has 0 saturated carbocycles. The fraction of sp³-hybridized carbons (Fsp3) is 0.207. The van der Waals surface area contributed by atoms with E-state index in [2.05, 4.69) is 22.3 Å². The van der Waals surface area contributed by atoms with Crippen LogP contribution >= 0.6 is 11.6 Å². The summed E-state index contributed by atoms with van der Waals surface area (Å²) in [5, 5.41) is 3.44. The number of nitrogens with one attached hydrogen (secondary N) is 1. The number of amides is 1. The van der Waals surface area contributed by atoms with E-state index in [4.69, 9.17) is 16.6 Å². The van der Waals surface area contributed by atoms with Crippen molar-refractivity contribution in [2.24, 2.45) is 0 Å². The molecule has 1 aliphatic rings. The van der Waals surface area contributed by atoms with Gasteiger partial charge in [-0.25, -0.2) is 4.98 Å². The van der Waals surface area contributed by atoms with Crippen LogP contribution in [0.2, 0.25) is 5.02 Å². The summed E-state index contributed by atoms with van der Waals surface area (Å²) in [5.74, 6) is 0.211. The number of carbonyl (C=O) groups is 1. The van der Waals surface area contributed by atoms with Gasteiger partial charge in [0.15, 0.2) is 0 Å². The van der Waals surface area contributed by atoms with E-state index in [0.717, 1.165) is 29.9 Å². The van der Waals surface area contributed by atoms with E-state index >= 15 is 0 Å². The van der Waals surface area contributed by atoms with Crippen LogP contribution in [0, 0.1) is 6.92 Å². The van der Waals surface area contributed by atoms with Crippen LogP contribution in [0.4, 0.5) is 5.69 Å². The highest BCUT2D eigenvalue weighted by molar-refractivity contribution is 6.30. The second-order valence-corrected chi connectivity index (χ2v) is 9.56. The van der Waals surface area contributed by atoms with Crippen molar-refractivity contribution < 1.29 is 4.79 Å². The molecule has 182 valence electrons. The third-order valence-electron chi connectivity index (χ3n) is 6.39. The van der Waals surface area contributed by atoms with Crippen molar-refractivity contribution in [3.8, 4) is 11.4 Å². The molecule has 0 atom stereocenters. The number of halogens is 1. The molecule has 0 fully saturated rings. The molecule has 0 aliphatic carbocycles. The van der Waals surface area contributed by atoms with Gasteiger partial charge in [0.2, 0.25) is 5.91 Å². The highest BCUT2D eigenvalue weighted by atomic mass is 35.5. The van der Waals surface area contributed by atoms with Crippen LogP contribution < -0.4 is 10.9 Å². The van der Waals surface area contributed by atoms with E-state index in [1.165, 1.54) is 10.1 Å². The minimum atomic E-state index is -0.295. The third kappa shape index (κ3) is 5.40. The second kappa shape index (κ2) is 10.5. The standard InChI is InChI=1S/C29H27ClN4O2/c1-20-7-9-22(10-8-20)28-32-26-18-33(17-21-5-3-2-4-6-21)16-15-25(26)29(36)34(28)19-27(35)31-24-13-11-23(30)12-14-24/h2-14H,15-19H2,1H3,(H,31,35). The summed E-state index contributed by atoms with van der Waals surface area (Å²) in [6, 6.07) is 25.1. The van der Waals surface area contributed by atoms with Gasteiger partial charge in [0.25, 0.3) is 5.56 Å². The zero-order chi connectivity index (χ0) is 25.1. The number of nitrogens with zero attached hydrogens (tertiary/aromatic N) is 3. The first-order chi connectivity index (χ1) is 17.5. The van der Waals surface area contributed by atoms with Gasteiger partial charge in [-0.15, -0.1) is 0 Å². The Kier molecular flexibility index (Phi) is 6.98. The Balaban J connectivity index is 1.47. The average molecular weight is 499 g/mol. The summed E-state index contributed by atoms with van der Waals surface area (Å²) in [6.45, 7) is 4.04. The first-order valence-electron chi connectivity index (χ1n) is 12.0. The van der Waals surface area contributed by atoms with Crippen molar-refractivity contribution in [2.45, 2.75) is 33.0 Å². The van der Waals surface area contributed by atoms with Crippen molar-refractivity contribution in [3.05, 3.63) is 117 Å². The minimum absolute atomic E-state index is 0.126. The van der Waals surface area contributed by atoms with E-state index in [1.807, 2.05) is 49.4 Å². The maximum absolute atomic E-state index is 13.7. The number of aryl methyl sites for hydroxylation is 1. The minimum Gasteiger partial charge on any atom is -0.325 e. The monoisotopic (exact) mass is 498 g/mol. The van der Waals surface area contributed by atoms with Gasteiger partial charge < -0.3 is 5.32 Å². The highest BCUT2D eigenvalue weighted by Crippen LogP contribution is 2.23. The fourth-order valence-corrected chi connectivity index (χ4v) is 4.63. The van der Waals surface area contributed by atoms with Crippen LogP contribution in [0.5, 0.6) is 0 Å². The summed E-state index contributed by atoms with van der Waals surface area (Å²) in [5.41, 5.74) is 5.09. The maximum Gasteiger partial charge on any atom is 0.257 e. The number of carbonyl (C=O) groups excluding carboxylic acids is 1. The number of anilines is 1. The van der Waals surface area contributed by atoms with Gasteiger partial charge in [-0.3, -0.25) is 19.1 Å². The summed E-state index contributed by atoms with van der Waals surface area (Å²) in [6.07, 6.45) is 0.598. The molecular formula is C29H27ClN4O2. The highest BCUT2D eigenvalue weighted by Gasteiger charge is 2.25. The van der Waals surface area contributed by atoms with Gasteiger partial charge in [0.05, 0.1) is 5.69 Å². The van der Waals surface area contributed by atoms with E-state index < -0.39 is 0 Å². The number of hydrogen-bond acceptors (Lipinski definition) is 4. The summed E-state index contributed by atoms with van der Waals surface area (Å²) < 4.78 is 1.50. The van der Waals surface area contributed by atoms with Crippen LogP contribution in [-0.4, -0.2) is 26.9 Å². The zero-order valence-corrected chi connectivity index (χ0v) is 20.8. The summed E-state index contributed by atoms with van der Waals surface area (Å²) >= 11 is 5.95. The smallest absolute Gasteiger partial charge is 0.257 e. The number of fused-ring (bicyclic) bond motifs is 1. The molecule has 5 rings (SSSR count). The molecular weight excluding hydrogens is 472 g/mol. The molecule has 0 radical (unpaired) electrons. The largest absolute Gasteiger partial charge is 0.325 e. The first kappa shape index (κ1) is 24.0. The van der Waals surface area contributed by atoms with Gasteiger partial charge in [0, 0.05) is 41.5 Å². The Morgan fingerprint density at radius 3 is 2.44 bits per heavy atom. The Bertz CT molecular complexity index is 1430. The number of hydrogen-bond donors (Lipinski definition) is 1. The molecule has 4 aromatic rings. The predicted octanol–water partition coefficient (Wildman–Crippen LogP) is 5.07. The Morgan fingerprint density at radius 2 is 1.72 bits per heavy atom. The molecule has 1 aromatic heterocycles. The number of rotatable bonds is 6. The van der Waals surface area contributed by atoms with Crippen molar-refractivity contribution in [1.82, 2.24) is 14.5 Å². The molecule has 2 heterocycles. The van der Waals surface area contributed by atoms with Crippen LogP contribution in [0.25, 0.3) is 11.4 Å². The van der Waals surface area contributed by atoms with E-state index in [1.54, 1.807) is 24.3 Å². The Morgan fingerprint density at radius 1 is 1.00 bits per heavy atom. The number of aromatic nitrogens is 2. The molecule has 1 aliphatic heterocycles. The van der Waals surface area contributed by atoms with Crippen LogP contribution in [-0.2, 0) is 30.8 Å². The first-order valence-corrected chi connectivity index (χ1v) is 12.4. The molecule has 1 amide bonds. The average Bonchev–Trinajstić information content (AvgIpc) is 2.88. The molecule has 0 spiro atoms. The molecule has 36 heavy (non-hydrogen) atoms. The molecule has 6 nitrogen and oxygen atoms in total. The van der Waals surface area contributed by atoms with Crippen molar-refractivity contribution in [1.29, 1.82) is 0 Å². The lowest BCUT2D eigenvalue weighted by Crippen LogP contribution is -2.39. The van der Waals surface area contributed by atoms with E-state index in [0.29, 0.717) is 35.1 Å². The summed E-state index contributed by atoms with van der Waals surface area (Å²) in [4.78, 5) is 33.9. The molecule has 3 aromatic carbocycles. The quantitative estimate of drug-likeness (QED) is 0.403. The van der Waals surface area contributed by atoms with Crippen molar-refractivity contribution in [2.75, 3.05) is 11.9 Å². The lowest BCUT2D eigenvalue weighted by Gasteiger charge is -2.29. The van der Waals surface area contributed by atoms with Crippen LogP contribution in [0.3, 0.4) is 0 Å². The second-order valence-electron chi connectivity index (χ2n) is 9.12. The number of benzene rings is 3. The zero-order valence-electron chi connectivity index (χ0n) is 20.1. The third-order valence-corrected chi connectivity index (χ3v) is 6.64. The normalized spacial score (nSPS) is 13.3. The van der Waals surface area contributed by atoms with Gasteiger partial charge in [-0.05, 0) is 43.2 Å². The van der Waals surface area contributed by atoms with E-state index in [9.17, 15) is 9.59 Å². The van der Waals surface area contributed by atoms with Crippen molar-refractivity contribution in [3.63, 3.8) is 0 Å². The van der Waals surface area contributed by atoms with Gasteiger partial charge >= 0.3 is 0 Å². The SMILES string of the molecule is Cc1ccc(-c2nc3c(c(=O)n2CC(=O)Nc2ccc(Cl)cc2)CCN(Cc2ccccc2)C3)cc1. The molecule has 0 saturated heterocycles. The maximum atomic E-state index is 13.7. The Hall–Kier alpha value is -3.74. The summed E-state index contributed by atoms with van der Waals surface area (Å²) in [7, 11) is 0. The van der Waals surface area contributed by atoms with E-state index in [-0.39, 0.29) is 18.0 Å². The molecule has 7 heteroatoms. The van der Waals surface area contributed by atoms with Crippen LogP contribution in [0.15, 0.2) is 83.7 Å². The molecule has 0 bridgehead atoms. The lowest BCUT2D eigenvalue weighted by atomic mass is 10.0. The van der Waals surface area contributed by atoms with Gasteiger partial charge in [-0.1, -0.05) is 71.8 Å². The van der Waals surface area contributed by atoms with Crippen molar-refractivity contribution >= 4 is 23.2 Å². The fourth-order valence-electron chi connectivity index (χ4n) is 4.50. The van der Waals surface area contributed by atoms with Gasteiger partial charge in [0.1, 0.15) is 12.4 Å². The predicted molar refractivity (Wildman–Crippen MR) is 143 cm³/mol. The van der Waals surface area contributed by atoms with Crippen LogP contribution in [0.1, 0.15) is 22.4 Å². The Labute approximate surface area is 215 Å². The lowest BCUT2D eigenvalue weighted by molar-refractivity contribution is -0.116.